The zero-order valence-corrected chi connectivity index (χ0v) is 10.1. The van der Waals surface area contributed by atoms with Gasteiger partial charge in [0, 0.05) is 5.57 Å². The molecule has 0 radical (unpaired) electrons. The van der Waals surface area contributed by atoms with Crippen molar-refractivity contribution in [1.82, 2.24) is 0 Å². The molecule has 0 spiro atoms. The quantitative estimate of drug-likeness (QED) is 0.632. The molecule has 2 nitrogen and oxygen atoms in total. The lowest BCUT2D eigenvalue weighted by Crippen LogP contribution is -2.29. The van der Waals surface area contributed by atoms with Crippen LogP contribution < -0.4 is 0 Å². The number of hydrogen-bond acceptors (Lipinski definition) is 2. The van der Waals surface area contributed by atoms with E-state index in [1.165, 1.54) is 20.0 Å². The summed E-state index contributed by atoms with van der Waals surface area (Å²) >= 11 is 0. The Balaban J connectivity index is 1.87. The molecule has 0 aromatic carbocycles. The van der Waals surface area contributed by atoms with Gasteiger partial charge < -0.3 is 4.74 Å². The number of methoxy groups -OCH3 is 1. The Morgan fingerprint density at radius 3 is 2.38 bits per heavy atom. The Morgan fingerprint density at radius 2 is 1.88 bits per heavy atom. The minimum Gasteiger partial charge on any atom is -0.466 e. The van der Waals surface area contributed by atoms with E-state index in [-0.39, 0.29) is 5.97 Å². The zero-order valence-electron chi connectivity index (χ0n) is 10.1. The third-order valence-electron chi connectivity index (χ3n) is 6.69. The Bertz CT molecular complexity index is 414. The number of carbonyl (C=O) groups excluding carboxylic acids is 1. The summed E-state index contributed by atoms with van der Waals surface area (Å²) in [6.45, 7) is 4.89. The van der Waals surface area contributed by atoms with Gasteiger partial charge in [-0.15, -0.1) is 0 Å². The van der Waals surface area contributed by atoms with Crippen LogP contribution in [0.3, 0.4) is 0 Å². The van der Waals surface area contributed by atoms with Gasteiger partial charge in [0.15, 0.2) is 0 Å². The first kappa shape index (κ1) is 9.26. The summed E-state index contributed by atoms with van der Waals surface area (Å²) in [5, 5.41) is 0. The highest BCUT2D eigenvalue weighted by atomic mass is 16.5. The smallest absolute Gasteiger partial charge is 0.333 e. The largest absolute Gasteiger partial charge is 0.466 e. The van der Waals surface area contributed by atoms with Gasteiger partial charge >= 0.3 is 5.97 Å². The molecule has 5 rings (SSSR count). The molecule has 0 aliphatic heterocycles. The highest BCUT2D eigenvalue weighted by molar-refractivity contribution is 5.90. The second-order valence-electron chi connectivity index (χ2n) is 6.47. The van der Waals surface area contributed by atoms with Gasteiger partial charge in [-0.2, -0.15) is 0 Å². The molecule has 5 aliphatic rings. The second kappa shape index (κ2) is 2.25. The van der Waals surface area contributed by atoms with E-state index in [0.717, 1.165) is 17.4 Å². The van der Waals surface area contributed by atoms with E-state index in [4.69, 9.17) is 4.74 Å². The van der Waals surface area contributed by atoms with Crippen LogP contribution in [0, 0.1) is 34.5 Å². The summed E-state index contributed by atoms with van der Waals surface area (Å²) in [5.41, 5.74) is 2.03. The maximum Gasteiger partial charge on any atom is 0.333 e. The van der Waals surface area contributed by atoms with E-state index >= 15 is 0 Å². The Morgan fingerprint density at radius 1 is 1.31 bits per heavy atom. The molecule has 0 aromatic heterocycles. The van der Waals surface area contributed by atoms with Gasteiger partial charge in [0.2, 0.25) is 0 Å². The fraction of sp³-hybridized carbons (Fsp3) is 0.786. The van der Waals surface area contributed by atoms with Crippen molar-refractivity contribution in [2.75, 3.05) is 7.11 Å². The predicted molar refractivity (Wildman–Crippen MR) is 59.5 cm³/mol. The predicted octanol–water partition coefficient (Wildman–Crippen LogP) is 2.40. The normalized spacial score (nSPS) is 59.6. The lowest BCUT2D eigenvalue weighted by Gasteiger charge is -2.31. The average molecular weight is 218 g/mol. The van der Waals surface area contributed by atoms with Gasteiger partial charge in [-0.3, -0.25) is 0 Å². The van der Waals surface area contributed by atoms with Crippen molar-refractivity contribution >= 4 is 5.97 Å². The van der Waals surface area contributed by atoms with Crippen molar-refractivity contribution in [1.29, 1.82) is 0 Å². The van der Waals surface area contributed by atoms with Crippen LogP contribution in [-0.4, -0.2) is 13.1 Å². The molecule has 2 heteroatoms. The highest BCUT2D eigenvalue weighted by Crippen LogP contribution is 2.90. The van der Waals surface area contributed by atoms with Crippen LogP contribution in [-0.2, 0) is 9.53 Å². The lowest BCUT2D eigenvalue weighted by atomic mass is 9.73. The zero-order chi connectivity index (χ0) is 11.3. The van der Waals surface area contributed by atoms with Crippen LogP contribution in [0.15, 0.2) is 11.6 Å². The van der Waals surface area contributed by atoms with Gasteiger partial charge in [-0.05, 0) is 47.3 Å². The molecule has 3 fully saturated rings. The minimum absolute atomic E-state index is 0.0714. The number of carbonyl (C=O) groups is 1. The molecule has 6 atom stereocenters. The van der Waals surface area contributed by atoms with Crippen molar-refractivity contribution in [3.63, 3.8) is 0 Å². The monoisotopic (exact) mass is 218 g/mol. The number of esters is 1. The first-order valence-electron chi connectivity index (χ1n) is 6.37. The van der Waals surface area contributed by atoms with Crippen LogP contribution in [0.5, 0.6) is 0 Å². The number of rotatable bonds is 1. The summed E-state index contributed by atoms with van der Waals surface area (Å²) in [5.74, 6) is 2.61. The summed E-state index contributed by atoms with van der Waals surface area (Å²) in [6, 6.07) is 0. The summed E-state index contributed by atoms with van der Waals surface area (Å²) < 4.78 is 4.93. The van der Waals surface area contributed by atoms with Crippen LogP contribution in [0.1, 0.15) is 26.7 Å². The van der Waals surface area contributed by atoms with Crippen LogP contribution in [0.25, 0.3) is 0 Å². The standard InChI is InChI=1S/C14H18O2/c1-13-8-4-5-9-11(8)7(12(15)16-3)6-10(13)14(9,13)2/h6,8-11H,4-5H2,1-3H3/t8-,9+,10?,11?,13+,14-. The van der Waals surface area contributed by atoms with Crippen molar-refractivity contribution in [3.8, 4) is 0 Å². The van der Waals surface area contributed by atoms with E-state index in [2.05, 4.69) is 19.9 Å². The van der Waals surface area contributed by atoms with Crippen molar-refractivity contribution in [3.05, 3.63) is 11.6 Å². The summed E-state index contributed by atoms with van der Waals surface area (Å²) in [4.78, 5) is 11.8. The third-order valence-corrected chi connectivity index (χ3v) is 6.69. The number of allylic oxidation sites excluding steroid dienone is 1. The average Bonchev–Trinajstić information content (AvgIpc) is 2.65. The molecule has 0 heterocycles. The second-order valence-corrected chi connectivity index (χ2v) is 6.47. The molecule has 5 aliphatic carbocycles. The molecule has 6 bridgehead atoms. The van der Waals surface area contributed by atoms with Gasteiger partial charge in [-0.1, -0.05) is 19.9 Å². The fourth-order valence-electron chi connectivity index (χ4n) is 5.89. The van der Waals surface area contributed by atoms with E-state index in [9.17, 15) is 4.79 Å². The van der Waals surface area contributed by atoms with E-state index in [1.54, 1.807) is 0 Å². The number of ether oxygens (including phenoxy) is 1. The van der Waals surface area contributed by atoms with E-state index in [0.29, 0.717) is 22.7 Å². The van der Waals surface area contributed by atoms with Crippen molar-refractivity contribution in [2.24, 2.45) is 34.5 Å². The molecule has 86 valence electrons. The van der Waals surface area contributed by atoms with Gasteiger partial charge in [0.25, 0.3) is 0 Å². The van der Waals surface area contributed by atoms with Crippen LogP contribution >= 0.6 is 0 Å². The molecule has 0 aromatic rings. The first-order chi connectivity index (χ1) is 7.56. The molecular formula is C14H18O2. The molecule has 3 saturated carbocycles. The van der Waals surface area contributed by atoms with Crippen LogP contribution in [0.4, 0.5) is 0 Å². The number of hydrogen-bond donors (Lipinski definition) is 0. The van der Waals surface area contributed by atoms with Crippen molar-refractivity contribution < 1.29 is 9.53 Å². The van der Waals surface area contributed by atoms with Crippen LogP contribution in [0.2, 0.25) is 0 Å². The Labute approximate surface area is 96.0 Å². The molecule has 2 unspecified atom stereocenters. The lowest BCUT2D eigenvalue weighted by molar-refractivity contribution is -0.137. The fourth-order valence-corrected chi connectivity index (χ4v) is 5.89. The molecule has 16 heavy (non-hydrogen) atoms. The molecule has 0 N–H and O–H groups in total. The Kier molecular flexibility index (Phi) is 1.30. The van der Waals surface area contributed by atoms with Gasteiger partial charge in [0.05, 0.1) is 7.11 Å². The highest BCUT2D eigenvalue weighted by Gasteiger charge is 2.86. The van der Waals surface area contributed by atoms with E-state index < -0.39 is 0 Å². The van der Waals surface area contributed by atoms with Crippen molar-refractivity contribution in [2.45, 2.75) is 26.7 Å². The maximum absolute atomic E-state index is 11.8. The van der Waals surface area contributed by atoms with E-state index in [1.807, 2.05) is 0 Å². The minimum atomic E-state index is -0.0714. The maximum atomic E-state index is 11.8. The summed E-state index contributed by atoms with van der Waals surface area (Å²) in [6.07, 6.45) is 4.90. The Hall–Kier alpha value is -0.790. The first-order valence-corrected chi connectivity index (χ1v) is 6.37. The molecule has 0 saturated heterocycles. The van der Waals surface area contributed by atoms with Gasteiger partial charge in [0.1, 0.15) is 0 Å². The SMILES string of the molecule is COC(=O)C1=CC2[C@@]3(C)[C@H]4CC[C@H](C14)[C@@]23C. The summed E-state index contributed by atoms with van der Waals surface area (Å²) in [7, 11) is 1.50. The van der Waals surface area contributed by atoms with Gasteiger partial charge in [-0.25, -0.2) is 4.79 Å². The molecular weight excluding hydrogens is 200 g/mol. The molecule has 0 amide bonds. The topological polar surface area (TPSA) is 26.3 Å². The third kappa shape index (κ3) is 0.602.